The van der Waals surface area contributed by atoms with Crippen LogP contribution in [0.1, 0.15) is 0 Å². The molecular weight excluding hydrogens is 120 g/mol. The van der Waals surface area contributed by atoms with Gasteiger partial charge in [0.05, 0.1) is 0 Å². The Labute approximate surface area is 44.5 Å². The molecule has 5 heteroatoms. The fourth-order valence-corrected chi connectivity index (χ4v) is 0.168. The normalized spacial score (nSPS) is 11.4. The molecule has 0 bridgehead atoms. The Kier molecular flexibility index (Phi) is 2.29. The molecule has 0 fully saturated rings. The van der Waals surface area contributed by atoms with Crippen LogP contribution in [0.25, 0.3) is 0 Å². The number of amidine groups is 2. The predicted octanol–water partition coefficient (Wildman–Crippen LogP) is 0.444. The highest BCUT2D eigenvalue weighted by atomic mass is 35.5. The lowest BCUT2D eigenvalue weighted by Crippen LogP contribution is -2.02. The summed E-state index contributed by atoms with van der Waals surface area (Å²) in [5, 5.41) is 5.54. The van der Waals surface area contributed by atoms with Crippen molar-refractivity contribution in [2.75, 3.05) is 0 Å². The van der Waals surface area contributed by atoms with E-state index < -0.39 is 11.4 Å². The zero-order valence-corrected chi connectivity index (χ0v) is 4.04. The van der Waals surface area contributed by atoms with Crippen molar-refractivity contribution in [2.24, 2.45) is 10.7 Å². The van der Waals surface area contributed by atoms with E-state index in [1.54, 1.807) is 0 Å². The molecule has 3 nitrogen and oxygen atoms in total. The van der Waals surface area contributed by atoms with Crippen molar-refractivity contribution in [2.45, 2.75) is 0 Å². The first kappa shape index (κ1) is 6.36. The van der Waals surface area contributed by atoms with Gasteiger partial charge >= 0.3 is 6.09 Å². The third-order valence-electron chi connectivity index (χ3n) is 0.205. The number of halogens is 2. The summed E-state index contributed by atoms with van der Waals surface area (Å²) in [6.07, 6.45) is -1.38. The second-order valence-corrected chi connectivity index (χ2v) is 1.11. The standard InChI is InChI=1S/C2H3ClFN3/c3-1(5)7-2(4)6/h(H3,5,6,7). The molecule has 0 saturated heterocycles. The molecule has 0 aromatic heterocycles. The minimum atomic E-state index is -1.38. The summed E-state index contributed by atoms with van der Waals surface area (Å²) in [7, 11) is 0. The molecule has 0 unspecified atom stereocenters. The Balaban J connectivity index is 3.68. The van der Waals surface area contributed by atoms with Gasteiger partial charge < -0.3 is 5.73 Å². The van der Waals surface area contributed by atoms with Crippen LogP contribution in [0.5, 0.6) is 0 Å². The van der Waals surface area contributed by atoms with Crippen LogP contribution in [0.3, 0.4) is 0 Å². The largest absolute Gasteiger partial charge is 0.374 e. The number of aliphatic imine (C=N–C) groups is 1. The lowest BCUT2D eigenvalue weighted by atomic mass is 11.2. The SMILES string of the molecule is N=C(F)/N=C(\N)Cl. The number of nitrogens with one attached hydrogen (secondary N) is 1. The van der Waals surface area contributed by atoms with Crippen molar-refractivity contribution in [3.8, 4) is 0 Å². The van der Waals surface area contributed by atoms with Crippen molar-refractivity contribution in [1.29, 1.82) is 5.41 Å². The molecule has 0 rings (SSSR count). The number of rotatable bonds is 0. The molecule has 0 aromatic rings. The molecule has 0 radical (unpaired) electrons. The highest BCUT2D eigenvalue weighted by molar-refractivity contribution is 6.64. The van der Waals surface area contributed by atoms with Gasteiger partial charge in [-0.1, -0.05) is 0 Å². The summed E-state index contributed by atoms with van der Waals surface area (Å²) in [5.41, 5.74) is 4.63. The smallest absolute Gasteiger partial charge is 0.303 e. The average molecular weight is 124 g/mol. The molecule has 0 heterocycles. The predicted molar refractivity (Wildman–Crippen MR) is 26.3 cm³/mol. The number of hydrogen-bond donors (Lipinski definition) is 2. The molecule has 3 N–H and O–H groups in total. The number of nitrogens with zero attached hydrogens (tertiary/aromatic N) is 1. The maximum atomic E-state index is 11.2. The van der Waals surface area contributed by atoms with E-state index in [4.69, 9.17) is 17.0 Å². The van der Waals surface area contributed by atoms with Crippen LogP contribution >= 0.6 is 11.6 Å². The Morgan fingerprint density at radius 1 is 1.86 bits per heavy atom. The van der Waals surface area contributed by atoms with Crippen molar-refractivity contribution < 1.29 is 4.39 Å². The summed E-state index contributed by atoms with van der Waals surface area (Å²) >= 11 is 4.82. The third-order valence-corrected chi connectivity index (χ3v) is 0.289. The second-order valence-electron chi connectivity index (χ2n) is 0.725. The summed E-state index contributed by atoms with van der Waals surface area (Å²) < 4.78 is 11.2. The molecule has 0 aliphatic heterocycles. The average Bonchev–Trinajstić information content (AvgIpc) is 1.27. The fourth-order valence-electron chi connectivity index (χ4n) is 0.0938. The van der Waals surface area contributed by atoms with E-state index in [9.17, 15) is 4.39 Å². The first-order valence-corrected chi connectivity index (χ1v) is 1.74. The lowest BCUT2D eigenvalue weighted by molar-refractivity contribution is 0.781. The zero-order valence-electron chi connectivity index (χ0n) is 3.28. The van der Waals surface area contributed by atoms with Crippen LogP contribution in [0, 0.1) is 5.41 Å². The van der Waals surface area contributed by atoms with Gasteiger partial charge in [-0.25, -0.2) is 0 Å². The van der Waals surface area contributed by atoms with Crippen LogP contribution in [0.4, 0.5) is 4.39 Å². The summed E-state index contributed by atoms with van der Waals surface area (Å²) in [4.78, 5) is 2.65. The first-order chi connectivity index (χ1) is 3.13. The van der Waals surface area contributed by atoms with Crippen molar-refractivity contribution in [3.63, 3.8) is 0 Å². The van der Waals surface area contributed by atoms with Crippen molar-refractivity contribution in [1.82, 2.24) is 0 Å². The summed E-state index contributed by atoms with van der Waals surface area (Å²) in [5.74, 6) is 0. The van der Waals surface area contributed by atoms with Gasteiger partial charge in [0.1, 0.15) is 0 Å². The monoisotopic (exact) mass is 123 g/mol. The summed E-state index contributed by atoms with van der Waals surface area (Å²) in [6.45, 7) is 0. The van der Waals surface area contributed by atoms with Crippen LogP contribution in [-0.2, 0) is 0 Å². The molecule has 0 aliphatic rings. The fraction of sp³-hybridized carbons (Fsp3) is 0. The van der Waals surface area contributed by atoms with E-state index in [-0.39, 0.29) is 0 Å². The van der Waals surface area contributed by atoms with E-state index >= 15 is 0 Å². The van der Waals surface area contributed by atoms with E-state index in [1.165, 1.54) is 0 Å². The van der Waals surface area contributed by atoms with E-state index in [0.717, 1.165) is 0 Å². The summed E-state index contributed by atoms with van der Waals surface area (Å²) in [6, 6.07) is 0. The zero-order chi connectivity index (χ0) is 5.86. The number of hydrogen-bond acceptors (Lipinski definition) is 1. The van der Waals surface area contributed by atoms with Crippen LogP contribution in [-0.4, -0.2) is 11.4 Å². The molecule has 0 atom stereocenters. The Bertz CT molecular complexity index is 106. The van der Waals surface area contributed by atoms with E-state index in [1.807, 2.05) is 0 Å². The Morgan fingerprint density at radius 2 is 2.29 bits per heavy atom. The molecule has 0 spiro atoms. The minimum Gasteiger partial charge on any atom is -0.374 e. The molecular formula is C2H3ClFN3. The molecule has 0 saturated carbocycles. The topological polar surface area (TPSA) is 62.2 Å². The molecule has 0 aliphatic carbocycles. The van der Waals surface area contributed by atoms with Crippen molar-refractivity contribution in [3.05, 3.63) is 0 Å². The Morgan fingerprint density at radius 3 is 2.29 bits per heavy atom. The molecule has 7 heavy (non-hydrogen) atoms. The van der Waals surface area contributed by atoms with E-state index in [2.05, 4.69) is 10.7 Å². The van der Waals surface area contributed by atoms with Gasteiger partial charge in [-0.05, 0) is 11.6 Å². The van der Waals surface area contributed by atoms with Gasteiger partial charge in [0.2, 0.25) is 0 Å². The van der Waals surface area contributed by atoms with Gasteiger partial charge in [-0.15, -0.1) is 0 Å². The minimum absolute atomic E-state index is 0.465. The van der Waals surface area contributed by atoms with Crippen LogP contribution < -0.4 is 5.73 Å². The third kappa shape index (κ3) is 5.36. The van der Waals surface area contributed by atoms with Crippen LogP contribution in [0.2, 0.25) is 0 Å². The van der Waals surface area contributed by atoms with Gasteiger partial charge in [-0.2, -0.15) is 9.38 Å². The van der Waals surface area contributed by atoms with Crippen LogP contribution in [0.15, 0.2) is 4.99 Å². The maximum Gasteiger partial charge on any atom is 0.303 e. The lowest BCUT2D eigenvalue weighted by Gasteiger charge is -1.78. The van der Waals surface area contributed by atoms with Gasteiger partial charge in [-0.3, -0.25) is 5.41 Å². The van der Waals surface area contributed by atoms with E-state index in [0.29, 0.717) is 0 Å². The van der Waals surface area contributed by atoms with Gasteiger partial charge in [0, 0.05) is 0 Å². The maximum absolute atomic E-state index is 11.2. The quantitative estimate of drug-likeness (QED) is 0.274. The first-order valence-electron chi connectivity index (χ1n) is 1.36. The van der Waals surface area contributed by atoms with Crippen molar-refractivity contribution >= 4 is 23.0 Å². The highest BCUT2D eigenvalue weighted by Gasteiger charge is 1.84. The molecule has 0 amide bonds. The molecule has 0 aromatic carbocycles. The number of nitrogens with two attached hydrogens (primary N) is 1. The Hall–Kier alpha value is -0.640. The second kappa shape index (κ2) is 2.52. The van der Waals surface area contributed by atoms with Gasteiger partial charge in [0.25, 0.3) is 0 Å². The van der Waals surface area contributed by atoms with Gasteiger partial charge in [0.15, 0.2) is 5.29 Å². The highest BCUT2D eigenvalue weighted by Crippen LogP contribution is 1.79. The molecule has 40 valence electrons.